The van der Waals surface area contributed by atoms with Gasteiger partial charge in [-0.05, 0) is 42.2 Å². The van der Waals surface area contributed by atoms with Gasteiger partial charge in [0.2, 0.25) is 0 Å². The SMILES string of the molecule is CC(C)CCNC(=O)c1ccc(COCc2cccc(F)c2)s1. The number of amides is 1. The predicted octanol–water partition coefficient (Wildman–Crippen LogP) is 4.38. The first-order chi connectivity index (χ1) is 11.0. The number of thiophene rings is 1. The molecule has 23 heavy (non-hydrogen) atoms. The average molecular weight is 335 g/mol. The minimum atomic E-state index is -0.262. The van der Waals surface area contributed by atoms with E-state index in [-0.39, 0.29) is 11.7 Å². The van der Waals surface area contributed by atoms with Crippen LogP contribution in [0.4, 0.5) is 4.39 Å². The van der Waals surface area contributed by atoms with Gasteiger partial charge in [-0.25, -0.2) is 4.39 Å². The normalized spacial score (nSPS) is 11.0. The van der Waals surface area contributed by atoms with Crippen LogP contribution in [0, 0.1) is 11.7 Å². The molecule has 0 bridgehead atoms. The van der Waals surface area contributed by atoms with E-state index in [0.29, 0.717) is 30.6 Å². The van der Waals surface area contributed by atoms with Crippen LogP contribution >= 0.6 is 11.3 Å². The Morgan fingerprint density at radius 1 is 1.26 bits per heavy atom. The zero-order valence-electron chi connectivity index (χ0n) is 13.5. The second-order valence-electron chi connectivity index (χ2n) is 5.83. The Morgan fingerprint density at radius 3 is 2.83 bits per heavy atom. The van der Waals surface area contributed by atoms with Crippen LogP contribution < -0.4 is 5.32 Å². The second kappa shape index (κ2) is 8.79. The molecule has 1 amide bonds. The molecule has 0 radical (unpaired) electrons. The van der Waals surface area contributed by atoms with Crippen molar-refractivity contribution in [1.29, 1.82) is 0 Å². The molecule has 0 saturated carbocycles. The van der Waals surface area contributed by atoms with Crippen molar-refractivity contribution in [2.45, 2.75) is 33.5 Å². The summed E-state index contributed by atoms with van der Waals surface area (Å²) in [5.41, 5.74) is 0.799. The number of hydrogen-bond acceptors (Lipinski definition) is 3. The van der Waals surface area contributed by atoms with Crippen molar-refractivity contribution in [2.24, 2.45) is 5.92 Å². The molecule has 0 spiro atoms. The van der Waals surface area contributed by atoms with Crippen LogP contribution in [-0.2, 0) is 18.0 Å². The van der Waals surface area contributed by atoms with Gasteiger partial charge >= 0.3 is 0 Å². The van der Waals surface area contributed by atoms with E-state index in [2.05, 4.69) is 19.2 Å². The first-order valence-corrected chi connectivity index (χ1v) is 8.55. The third-order valence-corrected chi connectivity index (χ3v) is 4.35. The van der Waals surface area contributed by atoms with E-state index >= 15 is 0 Å². The highest BCUT2D eigenvalue weighted by Gasteiger charge is 2.09. The van der Waals surface area contributed by atoms with Crippen LogP contribution in [0.3, 0.4) is 0 Å². The standard InChI is InChI=1S/C18H22FNO2S/c1-13(2)8-9-20-18(21)17-7-6-16(23-17)12-22-11-14-4-3-5-15(19)10-14/h3-7,10,13H,8-9,11-12H2,1-2H3,(H,20,21). The number of carbonyl (C=O) groups excluding carboxylic acids is 1. The van der Waals surface area contributed by atoms with Crippen molar-refractivity contribution in [2.75, 3.05) is 6.54 Å². The second-order valence-corrected chi connectivity index (χ2v) is 7.00. The van der Waals surface area contributed by atoms with Crippen molar-refractivity contribution in [1.82, 2.24) is 5.32 Å². The summed E-state index contributed by atoms with van der Waals surface area (Å²) in [6.45, 7) is 5.72. The molecule has 0 atom stereocenters. The fourth-order valence-corrected chi connectivity index (χ4v) is 2.90. The quantitative estimate of drug-likeness (QED) is 0.777. The van der Waals surface area contributed by atoms with Gasteiger partial charge < -0.3 is 10.1 Å². The third kappa shape index (κ3) is 6.12. The smallest absolute Gasteiger partial charge is 0.261 e. The predicted molar refractivity (Wildman–Crippen MR) is 91.0 cm³/mol. The van der Waals surface area contributed by atoms with Crippen LogP contribution in [0.2, 0.25) is 0 Å². The molecule has 1 heterocycles. The number of benzene rings is 1. The monoisotopic (exact) mass is 335 g/mol. The van der Waals surface area contributed by atoms with E-state index in [1.807, 2.05) is 18.2 Å². The molecule has 3 nitrogen and oxygen atoms in total. The van der Waals surface area contributed by atoms with E-state index in [1.54, 1.807) is 6.07 Å². The number of rotatable bonds is 8. The van der Waals surface area contributed by atoms with Crippen LogP contribution in [0.15, 0.2) is 36.4 Å². The number of nitrogens with one attached hydrogen (secondary N) is 1. The van der Waals surface area contributed by atoms with Gasteiger partial charge in [-0.1, -0.05) is 26.0 Å². The summed E-state index contributed by atoms with van der Waals surface area (Å²) in [5, 5.41) is 2.92. The summed E-state index contributed by atoms with van der Waals surface area (Å²) in [6, 6.07) is 10.1. The summed E-state index contributed by atoms with van der Waals surface area (Å²) in [5.74, 6) is 0.278. The Morgan fingerprint density at radius 2 is 2.09 bits per heavy atom. The molecule has 0 unspecified atom stereocenters. The molecule has 1 N–H and O–H groups in total. The van der Waals surface area contributed by atoms with E-state index < -0.39 is 0 Å². The number of carbonyl (C=O) groups is 1. The lowest BCUT2D eigenvalue weighted by atomic mass is 10.1. The highest BCUT2D eigenvalue weighted by atomic mass is 32.1. The Kier molecular flexibility index (Phi) is 6.74. The molecule has 1 aromatic carbocycles. The lowest BCUT2D eigenvalue weighted by Crippen LogP contribution is -2.24. The van der Waals surface area contributed by atoms with Crippen LogP contribution in [0.5, 0.6) is 0 Å². The maximum absolute atomic E-state index is 13.1. The molecular formula is C18H22FNO2S. The topological polar surface area (TPSA) is 38.3 Å². The van der Waals surface area contributed by atoms with Gasteiger partial charge in [0.1, 0.15) is 5.82 Å². The largest absolute Gasteiger partial charge is 0.371 e. The van der Waals surface area contributed by atoms with E-state index in [4.69, 9.17) is 4.74 Å². The zero-order chi connectivity index (χ0) is 16.7. The molecule has 2 rings (SSSR count). The van der Waals surface area contributed by atoms with Crippen LogP contribution in [0.1, 0.15) is 40.4 Å². The molecule has 0 aliphatic rings. The van der Waals surface area contributed by atoms with E-state index in [9.17, 15) is 9.18 Å². The maximum Gasteiger partial charge on any atom is 0.261 e. The summed E-state index contributed by atoms with van der Waals surface area (Å²) >= 11 is 1.43. The van der Waals surface area contributed by atoms with Crippen LogP contribution in [0.25, 0.3) is 0 Å². The van der Waals surface area contributed by atoms with E-state index in [0.717, 1.165) is 16.9 Å². The molecule has 2 aromatic rings. The Balaban J connectivity index is 1.77. The summed E-state index contributed by atoms with van der Waals surface area (Å²) < 4.78 is 18.6. The number of halogens is 1. The van der Waals surface area contributed by atoms with Crippen molar-refractivity contribution in [3.05, 3.63) is 57.5 Å². The zero-order valence-corrected chi connectivity index (χ0v) is 14.3. The molecular weight excluding hydrogens is 313 g/mol. The first-order valence-electron chi connectivity index (χ1n) is 7.73. The molecule has 0 saturated heterocycles. The minimum Gasteiger partial charge on any atom is -0.371 e. The fraction of sp³-hybridized carbons (Fsp3) is 0.389. The highest BCUT2D eigenvalue weighted by Crippen LogP contribution is 2.18. The Bertz CT molecular complexity index is 639. The van der Waals surface area contributed by atoms with Crippen molar-refractivity contribution >= 4 is 17.2 Å². The van der Waals surface area contributed by atoms with Gasteiger partial charge in [0.15, 0.2) is 0 Å². The molecule has 1 aromatic heterocycles. The fourth-order valence-electron chi connectivity index (χ4n) is 2.04. The van der Waals surface area contributed by atoms with Gasteiger partial charge in [-0.3, -0.25) is 4.79 Å². The minimum absolute atomic E-state index is 0.0352. The number of hydrogen-bond donors (Lipinski definition) is 1. The maximum atomic E-state index is 13.1. The average Bonchev–Trinajstić information content (AvgIpc) is 2.96. The number of ether oxygens (including phenoxy) is 1. The molecule has 124 valence electrons. The first kappa shape index (κ1) is 17.6. The molecule has 5 heteroatoms. The van der Waals surface area contributed by atoms with Crippen LogP contribution in [-0.4, -0.2) is 12.5 Å². The molecule has 0 fully saturated rings. The molecule has 0 aliphatic carbocycles. The lowest BCUT2D eigenvalue weighted by molar-refractivity contribution is 0.0956. The Labute approximate surface area is 140 Å². The van der Waals surface area contributed by atoms with Gasteiger partial charge in [0.05, 0.1) is 18.1 Å². The van der Waals surface area contributed by atoms with Crippen molar-refractivity contribution < 1.29 is 13.9 Å². The van der Waals surface area contributed by atoms with Gasteiger partial charge in [-0.15, -0.1) is 11.3 Å². The highest BCUT2D eigenvalue weighted by molar-refractivity contribution is 7.14. The lowest BCUT2D eigenvalue weighted by Gasteiger charge is -2.05. The van der Waals surface area contributed by atoms with Crippen molar-refractivity contribution in [3.63, 3.8) is 0 Å². The van der Waals surface area contributed by atoms with Crippen molar-refractivity contribution in [3.8, 4) is 0 Å². The summed E-state index contributed by atoms with van der Waals surface area (Å²) in [7, 11) is 0. The Hall–Kier alpha value is -1.72. The van der Waals surface area contributed by atoms with Gasteiger partial charge in [-0.2, -0.15) is 0 Å². The third-order valence-electron chi connectivity index (χ3n) is 3.29. The molecule has 0 aliphatic heterocycles. The van der Waals surface area contributed by atoms with E-state index in [1.165, 1.54) is 23.5 Å². The van der Waals surface area contributed by atoms with Gasteiger partial charge in [0.25, 0.3) is 5.91 Å². The van der Waals surface area contributed by atoms with Gasteiger partial charge in [0, 0.05) is 11.4 Å². The summed E-state index contributed by atoms with van der Waals surface area (Å²) in [4.78, 5) is 13.7. The summed E-state index contributed by atoms with van der Waals surface area (Å²) in [6.07, 6.45) is 0.973.